The van der Waals surface area contributed by atoms with Gasteiger partial charge in [0.15, 0.2) is 5.78 Å². The summed E-state index contributed by atoms with van der Waals surface area (Å²) in [6.45, 7) is 5.61. The lowest BCUT2D eigenvalue weighted by molar-refractivity contribution is -0.144. The zero-order chi connectivity index (χ0) is 26.9. The second-order valence-corrected chi connectivity index (χ2v) is 13.0. The smallest absolute Gasteiger partial charge is 0.312 e. The van der Waals surface area contributed by atoms with E-state index in [4.69, 9.17) is 5.73 Å². The first-order chi connectivity index (χ1) is 17.5. The standard InChI is InChI=1S/C28H44N4O5/c1-28(2,3)24(32-27(29)37)22(33)19-13-10-16-8-5-9-18(16)21(19)25(35)31-20(14-15-6-4-7-15)23(34)26(36)30-17-11-12-17/h15-21,24H,4-14H2,1-3H3,(H,30,36)(H,31,35)(H3,29,32,37)/t16-,18-,19?,20?,21+,24+/m0/s1. The summed E-state index contributed by atoms with van der Waals surface area (Å²) in [5.41, 5.74) is 4.83. The minimum atomic E-state index is -0.878. The van der Waals surface area contributed by atoms with E-state index in [2.05, 4.69) is 16.0 Å². The second-order valence-electron chi connectivity index (χ2n) is 13.0. The minimum Gasteiger partial charge on any atom is -0.352 e. The molecule has 37 heavy (non-hydrogen) atoms. The quantitative estimate of drug-likeness (QED) is 0.330. The highest BCUT2D eigenvalue weighted by molar-refractivity contribution is 6.38. The van der Waals surface area contributed by atoms with E-state index in [1.54, 1.807) is 0 Å². The number of ketones is 2. The summed E-state index contributed by atoms with van der Waals surface area (Å²) < 4.78 is 0. The van der Waals surface area contributed by atoms with Gasteiger partial charge < -0.3 is 21.7 Å². The Bertz CT molecular complexity index is 920. The average molecular weight is 517 g/mol. The van der Waals surface area contributed by atoms with Gasteiger partial charge in [-0.1, -0.05) is 52.9 Å². The third-order valence-corrected chi connectivity index (χ3v) is 9.13. The molecule has 0 aliphatic heterocycles. The van der Waals surface area contributed by atoms with Gasteiger partial charge in [0.25, 0.3) is 5.91 Å². The Hall–Kier alpha value is -2.45. The summed E-state index contributed by atoms with van der Waals surface area (Å²) >= 11 is 0. The lowest BCUT2D eigenvalue weighted by atomic mass is 9.63. The van der Waals surface area contributed by atoms with Crippen LogP contribution in [0.15, 0.2) is 0 Å². The average Bonchev–Trinajstić information content (AvgIpc) is 3.48. The van der Waals surface area contributed by atoms with Gasteiger partial charge >= 0.3 is 6.03 Å². The predicted octanol–water partition coefficient (Wildman–Crippen LogP) is 2.60. The highest BCUT2D eigenvalue weighted by Gasteiger charge is 2.51. The molecule has 0 radical (unpaired) electrons. The van der Waals surface area contributed by atoms with Crippen LogP contribution < -0.4 is 21.7 Å². The Balaban J connectivity index is 1.56. The van der Waals surface area contributed by atoms with Crippen LogP contribution in [-0.4, -0.2) is 47.5 Å². The number of carbonyl (C=O) groups excluding carboxylic acids is 5. The number of hydrogen-bond acceptors (Lipinski definition) is 5. The van der Waals surface area contributed by atoms with Gasteiger partial charge in [-0.25, -0.2) is 4.79 Å². The number of nitrogens with two attached hydrogens (primary N) is 1. The summed E-state index contributed by atoms with van der Waals surface area (Å²) in [7, 11) is 0. The maximum Gasteiger partial charge on any atom is 0.312 e. The van der Waals surface area contributed by atoms with E-state index in [9.17, 15) is 24.0 Å². The number of rotatable bonds is 10. The lowest BCUT2D eigenvalue weighted by Gasteiger charge is -2.42. The molecule has 5 N–H and O–H groups in total. The van der Waals surface area contributed by atoms with Crippen molar-refractivity contribution < 1.29 is 24.0 Å². The summed E-state index contributed by atoms with van der Waals surface area (Å²) in [4.78, 5) is 65.4. The molecule has 4 fully saturated rings. The third kappa shape index (κ3) is 6.52. The Kier molecular flexibility index (Phi) is 8.29. The third-order valence-electron chi connectivity index (χ3n) is 9.13. The van der Waals surface area contributed by atoms with Crippen molar-refractivity contribution in [3.05, 3.63) is 0 Å². The van der Waals surface area contributed by atoms with Crippen LogP contribution in [0.2, 0.25) is 0 Å². The molecule has 0 spiro atoms. The van der Waals surface area contributed by atoms with E-state index in [1.807, 2.05) is 20.8 Å². The van der Waals surface area contributed by atoms with Crippen LogP contribution in [0.1, 0.15) is 91.4 Å². The number of Topliss-reactive ketones (excluding diaryl/α,β-unsaturated/α-hetero) is 2. The SMILES string of the molecule is CC(C)(C)[C@H](NC(N)=O)C(=O)C1CC[C@@H]2CCC[C@@H]2[C@H]1C(=O)NC(CC1CCC1)C(=O)C(=O)NC1CC1. The van der Waals surface area contributed by atoms with E-state index >= 15 is 0 Å². The number of amides is 4. The summed E-state index contributed by atoms with van der Waals surface area (Å²) in [5.74, 6) is -2.11. The first-order valence-corrected chi connectivity index (χ1v) is 14.2. The molecule has 0 aromatic heterocycles. The van der Waals surface area contributed by atoms with Crippen molar-refractivity contribution in [1.29, 1.82) is 0 Å². The van der Waals surface area contributed by atoms with Gasteiger partial charge in [0.1, 0.15) is 0 Å². The van der Waals surface area contributed by atoms with Gasteiger partial charge in [-0.05, 0) is 61.7 Å². The van der Waals surface area contributed by atoms with Crippen LogP contribution in [0.4, 0.5) is 4.79 Å². The molecule has 206 valence electrons. The zero-order valence-corrected chi connectivity index (χ0v) is 22.5. The van der Waals surface area contributed by atoms with Gasteiger partial charge in [0.05, 0.1) is 18.0 Å². The van der Waals surface area contributed by atoms with E-state index in [-0.39, 0.29) is 23.7 Å². The molecule has 4 aliphatic rings. The summed E-state index contributed by atoms with van der Waals surface area (Å²) in [6.07, 6.45) is 9.62. The largest absolute Gasteiger partial charge is 0.352 e. The van der Waals surface area contributed by atoms with Crippen molar-refractivity contribution in [1.82, 2.24) is 16.0 Å². The number of urea groups is 1. The highest BCUT2D eigenvalue weighted by Crippen LogP contribution is 2.49. The number of fused-ring (bicyclic) bond motifs is 1. The van der Waals surface area contributed by atoms with Gasteiger partial charge in [-0.3, -0.25) is 19.2 Å². The fourth-order valence-electron chi connectivity index (χ4n) is 6.74. The molecule has 9 nitrogen and oxygen atoms in total. The molecule has 9 heteroatoms. The molecule has 4 aliphatic carbocycles. The topological polar surface area (TPSA) is 147 Å². The van der Waals surface area contributed by atoms with Gasteiger partial charge in [0.2, 0.25) is 11.7 Å². The van der Waals surface area contributed by atoms with Crippen LogP contribution >= 0.6 is 0 Å². The molecule has 4 saturated carbocycles. The van der Waals surface area contributed by atoms with Crippen molar-refractivity contribution in [2.75, 3.05) is 0 Å². The fraction of sp³-hybridized carbons (Fsp3) is 0.821. The zero-order valence-electron chi connectivity index (χ0n) is 22.5. The molecule has 6 atom stereocenters. The van der Waals surface area contributed by atoms with Crippen molar-refractivity contribution in [3.8, 4) is 0 Å². The van der Waals surface area contributed by atoms with Crippen LogP contribution in [0, 0.1) is 35.0 Å². The predicted molar refractivity (Wildman–Crippen MR) is 138 cm³/mol. The molecular formula is C28H44N4O5. The molecule has 0 heterocycles. The Labute approximate surface area is 219 Å². The van der Waals surface area contributed by atoms with Gasteiger partial charge in [-0.15, -0.1) is 0 Å². The molecule has 0 saturated heterocycles. The fourth-order valence-corrected chi connectivity index (χ4v) is 6.74. The Morgan fingerprint density at radius 3 is 2.11 bits per heavy atom. The van der Waals surface area contributed by atoms with E-state index < -0.39 is 47.1 Å². The summed E-state index contributed by atoms with van der Waals surface area (Å²) in [6, 6.07) is -2.41. The lowest BCUT2D eigenvalue weighted by Crippen LogP contribution is -2.58. The van der Waals surface area contributed by atoms with E-state index in [0.29, 0.717) is 24.7 Å². The number of hydrogen-bond donors (Lipinski definition) is 4. The van der Waals surface area contributed by atoms with Crippen LogP contribution in [-0.2, 0) is 19.2 Å². The number of carbonyl (C=O) groups is 5. The van der Waals surface area contributed by atoms with E-state index in [0.717, 1.165) is 57.8 Å². The number of primary amides is 1. The van der Waals surface area contributed by atoms with Crippen molar-refractivity contribution in [2.45, 2.75) is 110 Å². The molecule has 0 aromatic rings. The maximum atomic E-state index is 14.0. The maximum absolute atomic E-state index is 14.0. The van der Waals surface area contributed by atoms with Gasteiger partial charge in [-0.2, -0.15) is 0 Å². The number of nitrogens with one attached hydrogen (secondary N) is 3. The minimum absolute atomic E-state index is 0.0524. The van der Waals surface area contributed by atoms with Crippen LogP contribution in [0.3, 0.4) is 0 Å². The van der Waals surface area contributed by atoms with Crippen molar-refractivity contribution in [2.24, 2.45) is 40.7 Å². The second kappa shape index (κ2) is 11.1. The molecule has 4 rings (SSSR count). The molecule has 4 amide bonds. The first-order valence-electron chi connectivity index (χ1n) is 14.2. The van der Waals surface area contributed by atoms with Crippen molar-refractivity contribution in [3.63, 3.8) is 0 Å². The Morgan fingerprint density at radius 1 is 0.865 bits per heavy atom. The summed E-state index contributed by atoms with van der Waals surface area (Å²) in [5, 5.41) is 8.35. The molecule has 0 bridgehead atoms. The monoisotopic (exact) mass is 516 g/mol. The normalized spacial score (nSPS) is 29.3. The molecule has 2 unspecified atom stereocenters. The molecule has 0 aromatic carbocycles. The van der Waals surface area contributed by atoms with Crippen molar-refractivity contribution >= 4 is 29.4 Å². The van der Waals surface area contributed by atoms with E-state index in [1.165, 1.54) is 0 Å². The Morgan fingerprint density at radius 2 is 1.54 bits per heavy atom. The van der Waals surface area contributed by atoms with Crippen LogP contribution in [0.5, 0.6) is 0 Å². The highest BCUT2D eigenvalue weighted by atomic mass is 16.2. The first kappa shape index (κ1) is 27.6. The molecular weight excluding hydrogens is 472 g/mol. The van der Waals surface area contributed by atoms with Crippen LogP contribution in [0.25, 0.3) is 0 Å². The van der Waals surface area contributed by atoms with Gasteiger partial charge in [0, 0.05) is 12.0 Å².